The highest BCUT2D eigenvalue weighted by Gasteiger charge is 2.33. The Morgan fingerprint density at radius 2 is 1.27 bits per heavy atom. The minimum absolute atomic E-state index is 0.128. The normalized spacial score (nSPS) is 17.9. The summed E-state index contributed by atoms with van der Waals surface area (Å²) in [4.78, 5) is 26.2. The van der Waals surface area contributed by atoms with Crippen LogP contribution in [-0.4, -0.2) is 16.7 Å². The van der Waals surface area contributed by atoms with E-state index in [9.17, 15) is 14.7 Å². The van der Waals surface area contributed by atoms with Gasteiger partial charge in [-0.2, -0.15) is 0 Å². The number of fused-ring (bicyclic) bond motifs is 4. The fourth-order valence-corrected chi connectivity index (χ4v) is 5.49. The van der Waals surface area contributed by atoms with Crippen LogP contribution in [0.1, 0.15) is 44.7 Å². The first-order valence-electron chi connectivity index (χ1n) is 12.4. The second-order valence-electron chi connectivity index (χ2n) is 9.76. The number of carbonyl (C=O) groups is 2. The number of carbonyl (C=O) groups excluding carboxylic acids is 2. The van der Waals surface area contributed by atoms with Crippen molar-refractivity contribution in [1.29, 1.82) is 0 Å². The molecule has 37 heavy (non-hydrogen) atoms. The van der Waals surface area contributed by atoms with Crippen LogP contribution in [-0.2, 0) is 11.3 Å². The van der Waals surface area contributed by atoms with E-state index in [1.54, 1.807) is 6.08 Å². The van der Waals surface area contributed by atoms with Crippen LogP contribution in [0.15, 0.2) is 114 Å². The summed E-state index contributed by atoms with van der Waals surface area (Å²) < 4.78 is 5.91. The standard InChI is InChI=1S/C33H22O4/c34-31-27-16-23-7-3-4-8-24(23)17-28(27)32(35)29(31)12-19-9-10-20(11-19)13-30-33(36)26-15-22-6-2-1-5-21(22)14-25(26)18-37-30/h1-8,11-17,36H,9-10,18H2/b20-13+. The Bertz CT molecular complexity index is 1760. The molecule has 0 bridgehead atoms. The van der Waals surface area contributed by atoms with Gasteiger partial charge < -0.3 is 9.84 Å². The summed E-state index contributed by atoms with van der Waals surface area (Å²) >= 11 is 0. The molecule has 4 aromatic carbocycles. The molecule has 0 spiro atoms. The zero-order valence-corrected chi connectivity index (χ0v) is 20.0. The van der Waals surface area contributed by atoms with Crippen LogP contribution in [0.2, 0.25) is 0 Å². The summed E-state index contributed by atoms with van der Waals surface area (Å²) in [5, 5.41) is 15.1. The zero-order chi connectivity index (χ0) is 25.1. The first-order valence-corrected chi connectivity index (χ1v) is 12.4. The third-order valence-corrected chi connectivity index (χ3v) is 7.43. The van der Waals surface area contributed by atoms with Crippen molar-refractivity contribution in [2.45, 2.75) is 19.4 Å². The molecule has 0 unspecified atom stereocenters. The highest BCUT2D eigenvalue weighted by Crippen LogP contribution is 2.36. The van der Waals surface area contributed by atoms with Gasteiger partial charge in [0.15, 0.2) is 23.1 Å². The molecule has 1 heterocycles. The van der Waals surface area contributed by atoms with Gasteiger partial charge in [0.05, 0.1) is 5.57 Å². The number of benzene rings is 4. The van der Waals surface area contributed by atoms with Gasteiger partial charge in [0.25, 0.3) is 0 Å². The lowest BCUT2D eigenvalue weighted by Gasteiger charge is -2.20. The molecule has 4 nitrogen and oxygen atoms in total. The molecule has 4 heteroatoms. The maximum absolute atomic E-state index is 13.1. The number of allylic oxidation sites excluding steroid dienone is 6. The predicted octanol–water partition coefficient (Wildman–Crippen LogP) is 7.40. The van der Waals surface area contributed by atoms with E-state index in [1.807, 2.05) is 78.9 Å². The van der Waals surface area contributed by atoms with E-state index in [2.05, 4.69) is 6.07 Å². The van der Waals surface area contributed by atoms with E-state index >= 15 is 0 Å². The molecule has 0 amide bonds. The molecular weight excluding hydrogens is 460 g/mol. The van der Waals surface area contributed by atoms with Gasteiger partial charge in [0, 0.05) is 22.3 Å². The SMILES string of the molecule is O=C1C(=CC2=C/C(=C/C3=C(O)c4cc5ccccc5cc4CO3)CC2)C(=O)c2cc3ccccc3cc21. The van der Waals surface area contributed by atoms with Gasteiger partial charge in [-0.05, 0) is 82.0 Å². The van der Waals surface area contributed by atoms with E-state index in [0.29, 0.717) is 29.9 Å². The summed E-state index contributed by atoms with van der Waals surface area (Å²) in [6.07, 6.45) is 7.02. The molecule has 0 fully saturated rings. The lowest BCUT2D eigenvalue weighted by atomic mass is 9.97. The molecule has 2 aliphatic carbocycles. The van der Waals surface area contributed by atoms with Gasteiger partial charge in [0.2, 0.25) is 0 Å². The molecule has 3 aliphatic rings. The van der Waals surface area contributed by atoms with Gasteiger partial charge in [-0.15, -0.1) is 0 Å². The van der Waals surface area contributed by atoms with E-state index in [1.165, 1.54) is 0 Å². The van der Waals surface area contributed by atoms with Crippen LogP contribution in [0, 0.1) is 0 Å². The summed E-state index contributed by atoms with van der Waals surface area (Å²) in [6.45, 7) is 0.388. The van der Waals surface area contributed by atoms with Crippen LogP contribution in [0.5, 0.6) is 0 Å². The summed E-state index contributed by atoms with van der Waals surface area (Å²) in [5.74, 6) is 0.131. The van der Waals surface area contributed by atoms with Crippen molar-refractivity contribution < 1.29 is 19.4 Å². The summed E-state index contributed by atoms with van der Waals surface area (Å²) in [5.41, 5.74) is 4.81. The number of ether oxygens (including phenoxy) is 1. The van der Waals surface area contributed by atoms with Crippen LogP contribution in [0.25, 0.3) is 27.3 Å². The van der Waals surface area contributed by atoms with E-state index in [4.69, 9.17) is 4.74 Å². The van der Waals surface area contributed by atoms with Gasteiger partial charge in [0.1, 0.15) is 6.61 Å². The Labute approximate surface area is 213 Å². The number of ketones is 2. The molecule has 4 aromatic rings. The monoisotopic (exact) mass is 482 g/mol. The molecule has 0 atom stereocenters. The number of aliphatic hydroxyl groups is 1. The lowest BCUT2D eigenvalue weighted by molar-refractivity contribution is 0.0988. The van der Waals surface area contributed by atoms with Crippen LogP contribution in [0.3, 0.4) is 0 Å². The smallest absolute Gasteiger partial charge is 0.197 e. The number of hydrogen-bond acceptors (Lipinski definition) is 4. The molecule has 7 rings (SSSR count). The quantitative estimate of drug-likeness (QED) is 0.239. The number of Topliss-reactive ketones (excluding diaryl/α,β-unsaturated/α-hetero) is 2. The Morgan fingerprint density at radius 1 is 0.703 bits per heavy atom. The molecular formula is C33H22O4. The largest absolute Gasteiger partial charge is 0.504 e. The maximum atomic E-state index is 13.1. The first kappa shape index (κ1) is 21.6. The zero-order valence-electron chi connectivity index (χ0n) is 20.0. The highest BCUT2D eigenvalue weighted by molar-refractivity contribution is 6.40. The minimum Gasteiger partial charge on any atom is -0.504 e. The van der Waals surface area contributed by atoms with Crippen molar-refractivity contribution in [3.63, 3.8) is 0 Å². The van der Waals surface area contributed by atoms with Gasteiger partial charge in [-0.1, -0.05) is 54.6 Å². The van der Waals surface area contributed by atoms with Gasteiger partial charge in [-0.25, -0.2) is 0 Å². The Kier molecular flexibility index (Phi) is 4.76. The second kappa shape index (κ2) is 8.17. The predicted molar refractivity (Wildman–Crippen MR) is 144 cm³/mol. The fraction of sp³-hybridized carbons (Fsp3) is 0.0909. The van der Waals surface area contributed by atoms with Gasteiger partial charge >= 0.3 is 0 Å². The fourth-order valence-electron chi connectivity index (χ4n) is 5.49. The topological polar surface area (TPSA) is 63.6 Å². The number of aliphatic hydroxyl groups excluding tert-OH is 1. The average Bonchev–Trinajstić information content (AvgIpc) is 3.46. The Balaban J connectivity index is 1.20. The van der Waals surface area contributed by atoms with Gasteiger partial charge in [-0.3, -0.25) is 9.59 Å². The van der Waals surface area contributed by atoms with Crippen LogP contribution >= 0.6 is 0 Å². The lowest BCUT2D eigenvalue weighted by Crippen LogP contribution is -2.07. The second-order valence-corrected chi connectivity index (χ2v) is 9.76. The molecule has 0 aromatic heterocycles. The Hall–Kier alpha value is -4.70. The van der Waals surface area contributed by atoms with E-state index < -0.39 is 0 Å². The number of rotatable bonds is 2. The van der Waals surface area contributed by atoms with Crippen molar-refractivity contribution in [2.24, 2.45) is 0 Å². The maximum Gasteiger partial charge on any atom is 0.197 e. The van der Waals surface area contributed by atoms with Crippen molar-refractivity contribution in [3.8, 4) is 0 Å². The third kappa shape index (κ3) is 3.53. The molecule has 1 N–H and O–H groups in total. The third-order valence-electron chi connectivity index (χ3n) is 7.43. The molecule has 1 aliphatic heterocycles. The van der Waals surface area contributed by atoms with E-state index in [-0.39, 0.29) is 22.9 Å². The van der Waals surface area contributed by atoms with Crippen molar-refractivity contribution in [3.05, 3.63) is 136 Å². The van der Waals surface area contributed by atoms with Crippen molar-refractivity contribution in [1.82, 2.24) is 0 Å². The summed E-state index contributed by atoms with van der Waals surface area (Å²) in [6, 6.07) is 23.5. The summed E-state index contributed by atoms with van der Waals surface area (Å²) in [7, 11) is 0. The average molecular weight is 483 g/mol. The molecule has 178 valence electrons. The molecule has 0 radical (unpaired) electrons. The molecule has 0 saturated heterocycles. The van der Waals surface area contributed by atoms with Crippen LogP contribution < -0.4 is 0 Å². The van der Waals surface area contributed by atoms with Crippen LogP contribution in [0.4, 0.5) is 0 Å². The van der Waals surface area contributed by atoms with Crippen molar-refractivity contribution in [2.75, 3.05) is 0 Å². The van der Waals surface area contributed by atoms with Crippen molar-refractivity contribution >= 4 is 38.9 Å². The first-order chi connectivity index (χ1) is 18.0. The number of hydrogen-bond donors (Lipinski definition) is 1. The highest BCUT2D eigenvalue weighted by atomic mass is 16.5. The minimum atomic E-state index is -0.219. The Morgan fingerprint density at radius 3 is 1.89 bits per heavy atom. The molecule has 0 saturated carbocycles. The van der Waals surface area contributed by atoms with E-state index in [0.717, 1.165) is 50.2 Å².